The minimum atomic E-state index is -1.09. The van der Waals surface area contributed by atoms with Crippen molar-refractivity contribution < 1.29 is 23.4 Å². The van der Waals surface area contributed by atoms with Crippen LogP contribution in [0.5, 0.6) is 5.75 Å². The standard InChI is InChI=1S/C15H15F2N3O3/c1-23-11-3-2-9(16)12(17)8(11)6-20-5-4-10-13(19-7-18-10)14(20)15(21)22/h2-3,7,14H,4-6H2,1H3,(H,18,19)(H,21,22)/t14-/m0/s1. The van der Waals surface area contributed by atoms with Crippen LogP contribution >= 0.6 is 0 Å². The van der Waals surface area contributed by atoms with Crippen molar-refractivity contribution in [2.45, 2.75) is 19.0 Å². The minimum Gasteiger partial charge on any atom is -0.496 e. The van der Waals surface area contributed by atoms with E-state index in [1.165, 1.54) is 19.5 Å². The molecule has 2 N–H and O–H groups in total. The van der Waals surface area contributed by atoms with Gasteiger partial charge in [0.2, 0.25) is 0 Å². The van der Waals surface area contributed by atoms with Crippen molar-refractivity contribution in [2.75, 3.05) is 13.7 Å². The van der Waals surface area contributed by atoms with E-state index < -0.39 is 23.6 Å². The number of methoxy groups -OCH3 is 1. The maximum atomic E-state index is 14.1. The Balaban J connectivity index is 1.97. The van der Waals surface area contributed by atoms with Gasteiger partial charge in [0.05, 0.1) is 19.1 Å². The van der Waals surface area contributed by atoms with Gasteiger partial charge in [0.1, 0.15) is 5.75 Å². The summed E-state index contributed by atoms with van der Waals surface area (Å²) >= 11 is 0. The molecule has 0 amide bonds. The van der Waals surface area contributed by atoms with Gasteiger partial charge in [-0.25, -0.2) is 13.8 Å². The van der Waals surface area contributed by atoms with Crippen LogP contribution in [0.3, 0.4) is 0 Å². The Morgan fingerprint density at radius 3 is 3.00 bits per heavy atom. The molecule has 23 heavy (non-hydrogen) atoms. The Hall–Kier alpha value is -2.48. The van der Waals surface area contributed by atoms with Gasteiger partial charge in [0.15, 0.2) is 17.7 Å². The molecule has 1 aliphatic heterocycles. The third-order valence-electron chi connectivity index (χ3n) is 3.99. The van der Waals surface area contributed by atoms with Gasteiger partial charge in [-0.1, -0.05) is 0 Å². The molecular weight excluding hydrogens is 308 g/mol. The first-order chi connectivity index (χ1) is 11.0. The molecule has 122 valence electrons. The summed E-state index contributed by atoms with van der Waals surface area (Å²) < 4.78 is 32.7. The summed E-state index contributed by atoms with van der Waals surface area (Å²) in [7, 11) is 1.35. The van der Waals surface area contributed by atoms with Gasteiger partial charge in [-0.3, -0.25) is 9.69 Å². The van der Waals surface area contributed by atoms with Crippen LogP contribution in [0.15, 0.2) is 18.5 Å². The van der Waals surface area contributed by atoms with Crippen molar-refractivity contribution in [3.05, 3.63) is 47.0 Å². The van der Waals surface area contributed by atoms with Crippen molar-refractivity contribution in [1.82, 2.24) is 14.9 Å². The van der Waals surface area contributed by atoms with E-state index in [2.05, 4.69) is 9.97 Å². The number of hydrogen-bond donors (Lipinski definition) is 2. The van der Waals surface area contributed by atoms with Crippen LogP contribution in [0.2, 0.25) is 0 Å². The number of halogens is 2. The number of H-pyrrole nitrogens is 1. The highest BCUT2D eigenvalue weighted by atomic mass is 19.2. The van der Waals surface area contributed by atoms with Crippen molar-refractivity contribution in [3.63, 3.8) is 0 Å². The third kappa shape index (κ3) is 2.65. The van der Waals surface area contributed by atoms with Crippen LogP contribution < -0.4 is 4.74 Å². The molecule has 6 nitrogen and oxygen atoms in total. The molecule has 1 aromatic heterocycles. The zero-order chi connectivity index (χ0) is 16.6. The fourth-order valence-electron chi connectivity index (χ4n) is 2.88. The van der Waals surface area contributed by atoms with Gasteiger partial charge >= 0.3 is 5.97 Å². The number of imidazole rings is 1. The Kier molecular flexibility index (Phi) is 3.99. The molecule has 0 bridgehead atoms. The molecule has 0 saturated carbocycles. The zero-order valence-electron chi connectivity index (χ0n) is 12.3. The lowest BCUT2D eigenvalue weighted by Crippen LogP contribution is -2.39. The zero-order valence-corrected chi connectivity index (χ0v) is 12.3. The number of carbonyl (C=O) groups is 1. The molecule has 1 aromatic carbocycles. The average molecular weight is 323 g/mol. The van der Waals surface area contributed by atoms with Crippen LogP contribution in [-0.4, -0.2) is 39.6 Å². The molecule has 0 unspecified atom stereocenters. The van der Waals surface area contributed by atoms with Crippen molar-refractivity contribution in [3.8, 4) is 5.75 Å². The number of ether oxygens (including phenoxy) is 1. The SMILES string of the molecule is COc1ccc(F)c(F)c1CN1CCc2[nH]cnc2[C@H]1C(=O)O. The lowest BCUT2D eigenvalue weighted by atomic mass is 10.0. The number of hydrogen-bond acceptors (Lipinski definition) is 4. The second-order valence-electron chi connectivity index (χ2n) is 5.27. The maximum absolute atomic E-state index is 14.1. The number of carboxylic acids is 1. The van der Waals surface area contributed by atoms with Gasteiger partial charge in [-0.2, -0.15) is 0 Å². The first-order valence-corrected chi connectivity index (χ1v) is 7.02. The molecule has 8 heteroatoms. The quantitative estimate of drug-likeness (QED) is 0.898. The Labute approximate surface area is 130 Å². The topological polar surface area (TPSA) is 78.5 Å². The van der Waals surface area contributed by atoms with Crippen LogP contribution in [0.1, 0.15) is 23.0 Å². The summed E-state index contributed by atoms with van der Waals surface area (Å²) in [6, 6.07) is 1.29. The van der Waals surface area contributed by atoms with Crippen LogP contribution in [0.25, 0.3) is 0 Å². The lowest BCUT2D eigenvalue weighted by Gasteiger charge is -2.32. The van der Waals surface area contributed by atoms with Crippen molar-refractivity contribution >= 4 is 5.97 Å². The van der Waals surface area contributed by atoms with Crippen molar-refractivity contribution in [1.29, 1.82) is 0 Å². The largest absolute Gasteiger partial charge is 0.496 e. The fourth-order valence-corrected chi connectivity index (χ4v) is 2.88. The highest BCUT2D eigenvalue weighted by Gasteiger charge is 2.36. The molecule has 0 spiro atoms. The first kappa shape index (κ1) is 15.4. The Bertz CT molecular complexity index is 748. The minimum absolute atomic E-state index is 0.00210. The smallest absolute Gasteiger partial charge is 0.327 e. The van der Waals surface area contributed by atoms with E-state index in [-0.39, 0.29) is 17.9 Å². The summed E-state index contributed by atoms with van der Waals surface area (Å²) in [5.74, 6) is -2.93. The monoisotopic (exact) mass is 323 g/mol. The van der Waals surface area contributed by atoms with Gasteiger partial charge in [0.25, 0.3) is 0 Å². The van der Waals surface area contributed by atoms with E-state index in [9.17, 15) is 18.7 Å². The number of fused-ring (bicyclic) bond motifs is 1. The molecule has 0 saturated heterocycles. The number of carboxylic acid groups (broad SMARTS) is 1. The number of aromatic amines is 1. The van der Waals surface area contributed by atoms with Crippen LogP contribution in [0, 0.1) is 11.6 Å². The summed E-state index contributed by atoms with van der Waals surface area (Å²) in [5, 5.41) is 9.51. The molecule has 1 atom stereocenters. The third-order valence-corrected chi connectivity index (χ3v) is 3.99. The molecule has 0 aliphatic carbocycles. The summed E-state index contributed by atoms with van der Waals surface area (Å²) in [5.41, 5.74) is 1.15. The second-order valence-corrected chi connectivity index (χ2v) is 5.27. The number of benzene rings is 1. The van der Waals surface area contributed by atoms with Gasteiger partial charge in [-0.15, -0.1) is 0 Å². The first-order valence-electron chi connectivity index (χ1n) is 7.02. The molecule has 2 aromatic rings. The van der Waals surface area contributed by atoms with Gasteiger partial charge in [-0.05, 0) is 12.1 Å². The fraction of sp³-hybridized carbons (Fsp3) is 0.333. The number of nitrogens with one attached hydrogen (secondary N) is 1. The summed E-state index contributed by atoms with van der Waals surface area (Å²) in [6.45, 7) is 0.293. The molecular formula is C15H15F2N3O3. The molecule has 1 aliphatic rings. The molecule has 3 rings (SSSR count). The van der Waals surface area contributed by atoms with Crippen LogP contribution in [-0.2, 0) is 17.8 Å². The average Bonchev–Trinajstić information content (AvgIpc) is 2.99. The Morgan fingerprint density at radius 1 is 1.52 bits per heavy atom. The highest BCUT2D eigenvalue weighted by molar-refractivity contribution is 5.75. The number of aromatic nitrogens is 2. The van der Waals surface area contributed by atoms with E-state index in [4.69, 9.17) is 4.74 Å². The van der Waals surface area contributed by atoms with E-state index in [0.717, 1.165) is 11.8 Å². The predicted molar refractivity (Wildman–Crippen MR) is 76.0 cm³/mol. The lowest BCUT2D eigenvalue weighted by molar-refractivity contribution is -0.144. The van der Waals surface area contributed by atoms with E-state index in [0.29, 0.717) is 18.7 Å². The summed E-state index contributed by atoms with van der Waals surface area (Å²) in [4.78, 5) is 20.1. The van der Waals surface area contributed by atoms with Crippen LogP contribution in [0.4, 0.5) is 8.78 Å². The van der Waals surface area contributed by atoms with Gasteiger partial charge < -0.3 is 14.8 Å². The number of aliphatic carboxylic acids is 1. The van der Waals surface area contributed by atoms with Gasteiger partial charge in [0, 0.05) is 30.8 Å². The number of rotatable bonds is 4. The Morgan fingerprint density at radius 2 is 2.30 bits per heavy atom. The second kappa shape index (κ2) is 5.96. The van der Waals surface area contributed by atoms with Crippen molar-refractivity contribution in [2.24, 2.45) is 0 Å². The maximum Gasteiger partial charge on any atom is 0.327 e. The highest BCUT2D eigenvalue weighted by Crippen LogP contribution is 2.32. The molecule has 0 radical (unpaired) electrons. The molecule has 2 heterocycles. The normalized spacial score (nSPS) is 17.8. The summed E-state index contributed by atoms with van der Waals surface area (Å²) in [6.07, 6.45) is 1.99. The molecule has 0 fully saturated rings. The number of nitrogens with zero attached hydrogens (tertiary/aromatic N) is 2. The van der Waals surface area contributed by atoms with E-state index >= 15 is 0 Å². The van der Waals surface area contributed by atoms with E-state index in [1.807, 2.05) is 0 Å². The van der Waals surface area contributed by atoms with E-state index in [1.54, 1.807) is 4.90 Å². The predicted octanol–water partition coefficient (Wildman–Crippen LogP) is 1.88.